The minimum absolute atomic E-state index is 0.287. The lowest BCUT2D eigenvalue weighted by atomic mass is 10.2. The van der Waals surface area contributed by atoms with Crippen LogP contribution in [0.5, 0.6) is 0 Å². The van der Waals surface area contributed by atoms with Crippen molar-refractivity contribution >= 4 is 33.2 Å². The van der Waals surface area contributed by atoms with Gasteiger partial charge in [-0.2, -0.15) is 4.31 Å². The number of nitrogens with zero attached hydrogens (tertiary/aromatic N) is 2. The number of aromatic nitrogens is 1. The molecule has 0 saturated carbocycles. The highest BCUT2D eigenvalue weighted by Crippen LogP contribution is 2.18. The summed E-state index contributed by atoms with van der Waals surface area (Å²) in [6, 6.07) is 9.30. The van der Waals surface area contributed by atoms with Gasteiger partial charge in [0.1, 0.15) is 11.4 Å². The molecular weight excluding hydrogens is 390 g/mol. The van der Waals surface area contributed by atoms with Crippen LogP contribution in [0.2, 0.25) is 5.02 Å². The third-order valence-corrected chi connectivity index (χ3v) is 6.52. The molecule has 2 aromatic rings. The second-order valence-corrected chi connectivity index (χ2v) is 8.67. The van der Waals surface area contributed by atoms with Crippen molar-refractivity contribution in [2.24, 2.45) is 0 Å². The fourth-order valence-corrected chi connectivity index (χ4v) is 4.70. The van der Waals surface area contributed by atoms with Crippen molar-refractivity contribution in [1.82, 2.24) is 8.87 Å². The normalized spacial score (nSPS) is 15.4. The molecule has 0 atom stereocenters. The van der Waals surface area contributed by atoms with Gasteiger partial charge in [0.25, 0.3) is 5.56 Å². The van der Waals surface area contributed by atoms with E-state index in [4.69, 9.17) is 11.6 Å². The molecule has 9 heteroatoms. The van der Waals surface area contributed by atoms with E-state index >= 15 is 0 Å². The molecule has 0 aliphatic carbocycles. The summed E-state index contributed by atoms with van der Waals surface area (Å²) < 4.78 is 28.0. The summed E-state index contributed by atoms with van der Waals surface area (Å²) in [5.74, 6) is -0.438. The molecule has 2 heterocycles. The summed E-state index contributed by atoms with van der Waals surface area (Å²) in [6.07, 6.45) is 3.95. The van der Waals surface area contributed by atoms with Crippen LogP contribution >= 0.6 is 11.6 Å². The highest BCUT2D eigenvalue weighted by Gasteiger charge is 2.28. The lowest BCUT2D eigenvalue weighted by molar-refractivity contribution is -0.116. The Bertz CT molecular complexity index is 980. The van der Waals surface area contributed by atoms with Crippen molar-refractivity contribution in [3.63, 3.8) is 0 Å². The molecule has 0 radical (unpaired) electrons. The summed E-state index contributed by atoms with van der Waals surface area (Å²) in [5, 5.41) is 3.19. The highest BCUT2D eigenvalue weighted by atomic mass is 35.5. The quantitative estimate of drug-likeness (QED) is 0.820. The Hall–Kier alpha value is -2.16. The Labute approximate surface area is 162 Å². The Kier molecular flexibility index (Phi) is 5.98. The van der Waals surface area contributed by atoms with Crippen molar-refractivity contribution in [2.75, 3.05) is 18.4 Å². The second kappa shape index (κ2) is 8.24. The maximum absolute atomic E-state index is 12.8. The zero-order chi connectivity index (χ0) is 19.4. The number of carbonyl (C=O) groups excluding carboxylic acids is 1. The molecule has 0 unspecified atom stereocenters. The van der Waals surface area contributed by atoms with Crippen LogP contribution in [0.3, 0.4) is 0 Å². The van der Waals surface area contributed by atoms with Crippen LogP contribution in [0, 0.1) is 0 Å². The SMILES string of the molecule is O=C(Cn1cccc(S(=O)(=O)N2CCCCC2)c1=O)Nc1ccc(Cl)cc1. The molecule has 0 spiro atoms. The first-order valence-corrected chi connectivity index (χ1v) is 10.4. The maximum Gasteiger partial charge on any atom is 0.271 e. The smallest absolute Gasteiger partial charge is 0.271 e. The Morgan fingerprint density at radius 1 is 1.07 bits per heavy atom. The molecule has 1 aliphatic rings. The Morgan fingerprint density at radius 2 is 1.74 bits per heavy atom. The van der Waals surface area contributed by atoms with Gasteiger partial charge in [-0.25, -0.2) is 8.42 Å². The van der Waals surface area contributed by atoms with Crippen molar-refractivity contribution < 1.29 is 13.2 Å². The Morgan fingerprint density at radius 3 is 2.41 bits per heavy atom. The summed E-state index contributed by atoms with van der Waals surface area (Å²) in [4.78, 5) is 24.6. The summed E-state index contributed by atoms with van der Waals surface area (Å²) >= 11 is 5.80. The lowest BCUT2D eigenvalue weighted by Gasteiger charge is -2.25. The third-order valence-electron chi connectivity index (χ3n) is 4.36. The molecule has 1 fully saturated rings. The number of rotatable bonds is 5. The van der Waals surface area contributed by atoms with Gasteiger partial charge in [-0.3, -0.25) is 9.59 Å². The van der Waals surface area contributed by atoms with Crippen LogP contribution < -0.4 is 10.9 Å². The number of anilines is 1. The number of amides is 1. The number of sulfonamides is 1. The zero-order valence-electron chi connectivity index (χ0n) is 14.6. The summed E-state index contributed by atoms with van der Waals surface area (Å²) in [6.45, 7) is 0.534. The number of hydrogen-bond acceptors (Lipinski definition) is 4. The van der Waals surface area contributed by atoms with Gasteiger partial charge in [-0.1, -0.05) is 18.0 Å². The Balaban J connectivity index is 1.79. The molecule has 1 aliphatic heterocycles. The van der Waals surface area contributed by atoms with E-state index in [2.05, 4.69) is 5.32 Å². The van der Waals surface area contributed by atoms with E-state index < -0.39 is 21.5 Å². The predicted octanol–water partition coefficient (Wildman–Crippen LogP) is 2.32. The number of carbonyl (C=O) groups is 1. The predicted molar refractivity (Wildman–Crippen MR) is 103 cm³/mol. The van der Waals surface area contributed by atoms with Crippen LogP contribution in [0.25, 0.3) is 0 Å². The van der Waals surface area contributed by atoms with Gasteiger partial charge in [0.15, 0.2) is 0 Å². The van der Waals surface area contributed by atoms with E-state index in [9.17, 15) is 18.0 Å². The molecule has 27 heavy (non-hydrogen) atoms. The minimum Gasteiger partial charge on any atom is -0.325 e. The van der Waals surface area contributed by atoms with E-state index in [0.29, 0.717) is 23.8 Å². The van der Waals surface area contributed by atoms with E-state index in [1.165, 1.54) is 22.6 Å². The van der Waals surface area contributed by atoms with Crippen LogP contribution in [0.15, 0.2) is 52.3 Å². The fraction of sp³-hybridized carbons (Fsp3) is 0.333. The molecule has 1 amide bonds. The molecule has 1 N–H and O–H groups in total. The molecule has 1 saturated heterocycles. The fourth-order valence-electron chi connectivity index (χ4n) is 2.97. The number of benzene rings is 1. The zero-order valence-corrected chi connectivity index (χ0v) is 16.2. The summed E-state index contributed by atoms with van der Waals surface area (Å²) in [5.41, 5.74) is -0.163. The van der Waals surface area contributed by atoms with E-state index in [0.717, 1.165) is 23.8 Å². The standard InChI is InChI=1S/C18H20ClN3O4S/c19-14-6-8-15(9-7-14)20-17(23)13-21-10-4-5-16(18(21)24)27(25,26)22-11-2-1-3-12-22/h4-10H,1-3,11-13H2,(H,20,23). The van der Waals surface area contributed by atoms with Crippen LogP contribution in [0.1, 0.15) is 19.3 Å². The molecule has 0 bridgehead atoms. The first-order valence-electron chi connectivity index (χ1n) is 8.63. The average molecular weight is 410 g/mol. The minimum atomic E-state index is -3.86. The maximum atomic E-state index is 12.8. The van der Waals surface area contributed by atoms with Gasteiger partial charge in [0, 0.05) is 30.0 Å². The monoisotopic (exact) mass is 409 g/mol. The van der Waals surface area contributed by atoms with Gasteiger partial charge in [0.05, 0.1) is 0 Å². The first-order chi connectivity index (χ1) is 12.9. The van der Waals surface area contributed by atoms with Crippen molar-refractivity contribution in [1.29, 1.82) is 0 Å². The number of hydrogen-bond donors (Lipinski definition) is 1. The molecule has 3 rings (SSSR count). The van der Waals surface area contributed by atoms with Gasteiger partial charge < -0.3 is 9.88 Å². The lowest BCUT2D eigenvalue weighted by Crippen LogP contribution is -2.39. The first kappa shape index (κ1) is 19.6. The number of halogens is 1. The van der Waals surface area contributed by atoms with Gasteiger partial charge in [0.2, 0.25) is 15.9 Å². The van der Waals surface area contributed by atoms with E-state index in [1.54, 1.807) is 24.3 Å². The van der Waals surface area contributed by atoms with Crippen LogP contribution in [0.4, 0.5) is 5.69 Å². The van der Waals surface area contributed by atoms with Gasteiger partial charge >= 0.3 is 0 Å². The van der Waals surface area contributed by atoms with E-state index in [1.807, 2.05) is 0 Å². The number of nitrogens with one attached hydrogen (secondary N) is 1. The van der Waals surface area contributed by atoms with Crippen molar-refractivity contribution in [2.45, 2.75) is 30.7 Å². The summed E-state index contributed by atoms with van der Waals surface area (Å²) in [7, 11) is -3.86. The van der Waals surface area contributed by atoms with Crippen molar-refractivity contribution in [3.05, 3.63) is 58.0 Å². The molecule has 1 aromatic carbocycles. The molecular formula is C18H20ClN3O4S. The second-order valence-electron chi connectivity index (χ2n) is 6.33. The largest absolute Gasteiger partial charge is 0.325 e. The van der Waals surface area contributed by atoms with Gasteiger partial charge in [-0.05, 0) is 49.2 Å². The van der Waals surface area contributed by atoms with Crippen LogP contribution in [-0.4, -0.2) is 36.3 Å². The van der Waals surface area contributed by atoms with Crippen molar-refractivity contribution in [3.8, 4) is 0 Å². The number of piperidine rings is 1. The van der Waals surface area contributed by atoms with E-state index in [-0.39, 0.29) is 11.4 Å². The molecule has 144 valence electrons. The van der Waals surface area contributed by atoms with Gasteiger partial charge in [-0.15, -0.1) is 0 Å². The average Bonchev–Trinajstić information content (AvgIpc) is 2.66. The third kappa shape index (κ3) is 4.58. The number of pyridine rings is 1. The molecule has 7 nitrogen and oxygen atoms in total. The molecule has 1 aromatic heterocycles. The van der Waals surface area contributed by atoms with Crippen LogP contribution in [-0.2, 0) is 21.4 Å². The topological polar surface area (TPSA) is 88.5 Å². The highest BCUT2D eigenvalue weighted by molar-refractivity contribution is 7.89.